The van der Waals surface area contributed by atoms with Crippen molar-refractivity contribution in [1.29, 1.82) is 0 Å². The Kier molecular flexibility index (Phi) is 3.23. The van der Waals surface area contributed by atoms with Crippen LogP contribution in [0.5, 0.6) is 0 Å². The summed E-state index contributed by atoms with van der Waals surface area (Å²) in [5, 5.41) is 4.44. The van der Waals surface area contributed by atoms with E-state index in [0.717, 1.165) is 5.76 Å². The fraction of sp³-hybridized carbons (Fsp3) is 0.400. The SMILES string of the molecule is CC(NC1C=CS(=O)(=O)C1)c1ccc(Br)o1. The van der Waals surface area contributed by atoms with Crippen molar-refractivity contribution >= 4 is 25.8 Å². The molecule has 88 valence electrons. The fourth-order valence-electron chi connectivity index (χ4n) is 1.64. The highest BCUT2D eigenvalue weighted by Gasteiger charge is 2.23. The Labute approximate surface area is 103 Å². The molecule has 0 bridgehead atoms. The molecular weight excluding hydrogens is 294 g/mol. The first-order chi connectivity index (χ1) is 7.46. The van der Waals surface area contributed by atoms with Crippen molar-refractivity contribution in [3.63, 3.8) is 0 Å². The van der Waals surface area contributed by atoms with Gasteiger partial charge in [0.05, 0.1) is 11.8 Å². The summed E-state index contributed by atoms with van der Waals surface area (Å²) in [5.74, 6) is 0.906. The highest BCUT2D eigenvalue weighted by atomic mass is 79.9. The zero-order valence-corrected chi connectivity index (χ0v) is 11.1. The molecule has 0 saturated heterocycles. The zero-order chi connectivity index (χ0) is 11.8. The highest BCUT2D eigenvalue weighted by molar-refractivity contribution is 9.10. The van der Waals surface area contributed by atoms with E-state index in [2.05, 4.69) is 21.2 Å². The second-order valence-electron chi connectivity index (χ2n) is 3.79. The van der Waals surface area contributed by atoms with E-state index in [-0.39, 0.29) is 17.8 Å². The molecule has 1 N–H and O–H groups in total. The van der Waals surface area contributed by atoms with Crippen molar-refractivity contribution in [3.05, 3.63) is 34.0 Å². The smallest absolute Gasteiger partial charge is 0.173 e. The largest absolute Gasteiger partial charge is 0.453 e. The summed E-state index contributed by atoms with van der Waals surface area (Å²) in [4.78, 5) is 0. The average molecular weight is 306 g/mol. The molecule has 0 fully saturated rings. The first-order valence-electron chi connectivity index (χ1n) is 4.88. The number of rotatable bonds is 3. The normalized spacial score (nSPS) is 24.8. The number of furan rings is 1. The van der Waals surface area contributed by atoms with Gasteiger partial charge < -0.3 is 9.73 Å². The molecule has 1 aliphatic rings. The van der Waals surface area contributed by atoms with Crippen LogP contribution in [0.4, 0.5) is 0 Å². The lowest BCUT2D eigenvalue weighted by Gasteiger charge is -2.15. The van der Waals surface area contributed by atoms with E-state index < -0.39 is 9.84 Å². The summed E-state index contributed by atoms with van der Waals surface area (Å²) < 4.78 is 28.5. The summed E-state index contributed by atoms with van der Waals surface area (Å²) in [5.41, 5.74) is 0. The second-order valence-corrected chi connectivity index (χ2v) is 6.51. The van der Waals surface area contributed by atoms with Crippen molar-refractivity contribution in [1.82, 2.24) is 5.32 Å². The first kappa shape index (κ1) is 11.9. The second kappa shape index (κ2) is 4.35. The molecule has 1 aliphatic heterocycles. The fourth-order valence-corrected chi connectivity index (χ4v) is 3.21. The van der Waals surface area contributed by atoms with E-state index in [9.17, 15) is 8.42 Å². The monoisotopic (exact) mass is 305 g/mol. The summed E-state index contributed by atoms with van der Waals surface area (Å²) in [6, 6.07) is 3.52. The van der Waals surface area contributed by atoms with Crippen molar-refractivity contribution < 1.29 is 12.8 Å². The molecule has 2 rings (SSSR count). The minimum Gasteiger partial charge on any atom is -0.453 e. The van der Waals surface area contributed by atoms with Crippen LogP contribution in [0.3, 0.4) is 0 Å². The Morgan fingerprint density at radius 2 is 2.31 bits per heavy atom. The molecule has 2 atom stereocenters. The van der Waals surface area contributed by atoms with Gasteiger partial charge in [0.2, 0.25) is 0 Å². The summed E-state index contributed by atoms with van der Waals surface area (Å²) in [7, 11) is -3.00. The minimum absolute atomic E-state index is 0.0192. The quantitative estimate of drug-likeness (QED) is 0.928. The van der Waals surface area contributed by atoms with E-state index in [1.54, 1.807) is 6.08 Å². The number of hydrogen-bond donors (Lipinski definition) is 1. The van der Waals surface area contributed by atoms with E-state index in [1.165, 1.54) is 5.41 Å². The maximum atomic E-state index is 11.2. The van der Waals surface area contributed by atoms with Gasteiger partial charge in [0.1, 0.15) is 5.76 Å². The van der Waals surface area contributed by atoms with Crippen molar-refractivity contribution in [2.75, 3.05) is 5.75 Å². The summed E-state index contributed by atoms with van der Waals surface area (Å²) in [6.45, 7) is 1.93. The molecule has 1 aromatic heterocycles. The number of hydrogen-bond acceptors (Lipinski definition) is 4. The summed E-state index contributed by atoms with van der Waals surface area (Å²) in [6.07, 6.45) is 1.67. The molecule has 0 aromatic carbocycles. The molecule has 2 unspecified atom stereocenters. The third-order valence-corrected chi connectivity index (χ3v) is 4.24. The van der Waals surface area contributed by atoms with Crippen LogP contribution in [-0.2, 0) is 9.84 Å². The molecule has 0 radical (unpaired) electrons. The first-order valence-corrected chi connectivity index (χ1v) is 7.39. The van der Waals surface area contributed by atoms with Crippen LogP contribution in [0.25, 0.3) is 0 Å². The number of nitrogens with one attached hydrogen (secondary N) is 1. The van der Waals surface area contributed by atoms with Gasteiger partial charge in [0.15, 0.2) is 14.5 Å². The molecule has 0 saturated carbocycles. The predicted molar refractivity (Wildman–Crippen MR) is 64.7 cm³/mol. The van der Waals surface area contributed by atoms with E-state index in [4.69, 9.17) is 4.42 Å². The van der Waals surface area contributed by atoms with E-state index in [1.807, 2.05) is 19.1 Å². The molecule has 1 aromatic rings. The van der Waals surface area contributed by atoms with Crippen LogP contribution in [0, 0.1) is 0 Å². The van der Waals surface area contributed by atoms with Crippen LogP contribution in [-0.4, -0.2) is 20.2 Å². The molecule has 0 amide bonds. The standard InChI is InChI=1S/C10H12BrNO3S/c1-7(9-2-3-10(11)15-9)12-8-4-5-16(13,14)6-8/h2-5,7-8,12H,6H2,1H3. The molecule has 6 heteroatoms. The van der Waals surface area contributed by atoms with Gasteiger partial charge in [0, 0.05) is 11.4 Å². The third-order valence-electron chi connectivity index (χ3n) is 2.41. The highest BCUT2D eigenvalue weighted by Crippen LogP contribution is 2.21. The van der Waals surface area contributed by atoms with Gasteiger partial charge in [0.25, 0.3) is 0 Å². The Morgan fingerprint density at radius 3 is 2.81 bits per heavy atom. The lowest BCUT2D eigenvalue weighted by molar-refractivity contribution is 0.409. The van der Waals surface area contributed by atoms with Crippen LogP contribution in [0.15, 0.2) is 32.7 Å². The predicted octanol–water partition coefficient (Wildman–Crippen LogP) is 2.00. The van der Waals surface area contributed by atoms with Gasteiger partial charge in [-0.15, -0.1) is 0 Å². The van der Waals surface area contributed by atoms with Crippen molar-refractivity contribution in [3.8, 4) is 0 Å². The van der Waals surface area contributed by atoms with Gasteiger partial charge >= 0.3 is 0 Å². The third kappa shape index (κ3) is 2.75. The lowest BCUT2D eigenvalue weighted by atomic mass is 10.2. The molecule has 0 spiro atoms. The Morgan fingerprint density at radius 1 is 1.56 bits per heavy atom. The maximum absolute atomic E-state index is 11.2. The van der Waals surface area contributed by atoms with Crippen molar-refractivity contribution in [2.24, 2.45) is 0 Å². The van der Waals surface area contributed by atoms with Gasteiger partial charge in [-0.1, -0.05) is 6.08 Å². The zero-order valence-electron chi connectivity index (χ0n) is 8.68. The summed E-state index contributed by atoms with van der Waals surface area (Å²) >= 11 is 3.23. The van der Waals surface area contributed by atoms with Crippen LogP contribution in [0.2, 0.25) is 0 Å². The molecule has 4 nitrogen and oxygen atoms in total. The topological polar surface area (TPSA) is 59.3 Å². The number of halogens is 1. The molecule has 2 heterocycles. The van der Waals surface area contributed by atoms with Gasteiger partial charge in [-0.05, 0) is 35.0 Å². The van der Waals surface area contributed by atoms with E-state index in [0.29, 0.717) is 4.67 Å². The van der Waals surface area contributed by atoms with Crippen LogP contribution < -0.4 is 5.32 Å². The van der Waals surface area contributed by atoms with Gasteiger partial charge in [-0.3, -0.25) is 0 Å². The Hall–Kier alpha value is -0.590. The average Bonchev–Trinajstić information content (AvgIpc) is 2.73. The van der Waals surface area contributed by atoms with E-state index >= 15 is 0 Å². The Balaban J connectivity index is 1.99. The van der Waals surface area contributed by atoms with Crippen LogP contribution >= 0.6 is 15.9 Å². The Bertz CT molecular complexity index is 506. The molecular formula is C10H12BrNO3S. The number of sulfone groups is 1. The lowest BCUT2D eigenvalue weighted by Crippen LogP contribution is -2.32. The molecule has 0 aliphatic carbocycles. The molecule has 16 heavy (non-hydrogen) atoms. The van der Waals surface area contributed by atoms with Gasteiger partial charge in [-0.25, -0.2) is 8.42 Å². The minimum atomic E-state index is -3.00. The van der Waals surface area contributed by atoms with Crippen LogP contribution in [0.1, 0.15) is 18.7 Å². The van der Waals surface area contributed by atoms with Crippen molar-refractivity contribution in [2.45, 2.75) is 19.0 Å². The van der Waals surface area contributed by atoms with Gasteiger partial charge in [-0.2, -0.15) is 0 Å². The maximum Gasteiger partial charge on any atom is 0.173 e.